The SMILES string of the molecule is C#CN(C(=O)C(CS)NC(=O)OC(C)(C)C)C(C(=O)Nc1ccccc1C)c1cccc(C)c1C. The van der Waals surface area contributed by atoms with Gasteiger partial charge >= 0.3 is 6.09 Å². The van der Waals surface area contributed by atoms with Crippen LogP contribution in [-0.2, 0) is 14.3 Å². The summed E-state index contributed by atoms with van der Waals surface area (Å²) in [4.78, 5) is 40.5. The van der Waals surface area contributed by atoms with Gasteiger partial charge in [-0.2, -0.15) is 12.6 Å². The van der Waals surface area contributed by atoms with E-state index in [1.54, 1.807) is 45.0 Å². The van der Waals surface area contributed by atoms with Crippen LogP contribution in [0.25, 0.3) is 0 Å². The number of alkyl carbamates (subject to hydrolysis) is 1. The minimum atomic E-state index is -1.14. The molecule has 2 N–H and O–H groups in total. The number of para-hydroxylation sites is 1. The highest BCUT2D eigenvalue weighted by Gasteiger charge is 2.36. The molecule has 2 aromatic carbocycles. The molecule has 0 aromatic heterocycles. The molecule has 0 bridgehead atoms. The average Bonchev–Trinajstić information content (AvgIpc) is 2.78. The number of carbonyl (C=O) groups excluding carboxylic acids is 3. The number of anilines is 1. The summed E-state index contributed by atoms with van der Waals surface area (Å²) in [6.07, 6.45) is 5.01. The maximum atomic E-state index is 13.6. The van der Waals surface area contributed by atoms with Crippen LogP contribution in [0.15, 0.2) is 42.5 Å². The third-order valence-corrected chi connectivity index (χ3v) is 5.76. The van der Waals surface area contributed by atoms with Crippen LogP contribution in [0.1, 0.15) is 49.1 Å². The number of benzene rings is 2. The first kappa shape index (κ1) is 27.8. The first-order valence-electron chi connectivity index (χ1n) is 11.2. The Labute approximate surface area is 213 Å². The summed E-state index contributed by atoms with van der Waals surface area (Å²) in [5.41, 5.74) is 3.06. The second-order valence-electron chi connectivity index (χ2n) is 9.21. The van der Waals surface area contributed by atoms with Gasteiger partial charge in [0.25, 0.3) is 11.8 Å². The molecule has 0 fully saturated rings. The zero-order valence-corrected chi connectivity index (χ0v) is 21.9. The summed E-state index contributed by atoms with van der Waals surface area (Å²) in [6, 6.07) is 12.9. The third-order valence-electron chi connectivity index (χ3n) is 5.40. The Morgan fingerprint density at radius 2 is 1.69 bits per heavy atom. The van der Waals surface area contributed by atoms with Gasteiger partial charge in [-0.05, 0) is 69.9 Å². The van der Waals surface area contributed by atoms with Crippen LogP contribution in [-0.4, -0.2) is 40.2 Å². The van der Waals surface area contributed by atoms with E-state index < -0.39 is 35.6 Å². The van der Waals surface area contributed by atoms with Gasteiger partial charge in [0.15, 0.2) is 0 Å². The molecule has 3 amide bonds. The van der Waals surface area contributed by atoms with Gasteiger partial charge in [-0.3, -0.25) is 14.5 Å². The predicted octanol–water partition coefficient (Wildman–Crippen LogP) is 4.53. The van der Waals surface area contributed by atoms with Gasteiger partial charge in [-0.15, -0.1) is 0 Å². The molecule has 0 aliphatic carbocycles. The fourth-order valence-electron chi connectivity index (χ4n) is 3.45. The Bertz CT molecular complexity index is 1130. The summed E-state index contributed by atoms with van der Waals surface area (Å²) in [7, 11) is 0. The van der Waals surface area contributed by atoms with Crippen molar-refractivity contribution in [2.75, 3.05) is 11.1 Å². The topological polar surface area (TPSA) is 87.7 Å². The van der Waals surface area contributed by atoms with E-state index in [-0.39, 0.29) is 5.75 Å². The average molecular weight is 496 g/mol. The monoisotopic (exact) mass is 495 g/mol. The number of rotatable bonds is 7. The van der Waals surface area contributed by atoms with Gasteiger partial charge in [0.2, 0.25) is 0 Å². The molecule has 186 valence electrons. The van der Waals surface area contributed by atoms with Gasteiger partial charge in [0.1, 0.15) is 17.7 Å². The molecule has 0 saturated heterocycles. The maximum Gasteiger partial charge on any atom is 0.408 e. The summed E-state index contributed by atoms with van der Waals surface area (Å²) >= 11 is 4.23. The van der Waals surface area contributed by atoms with Gasteiger partial charge in [0, 0.05) is 17.5 Å². The van der Waals surface area contributed by atoms with E-state index in [1.165, 1.54) is 0 Å². The normalized spacial score (nSPS) is 12.6. The molecule has 0 spiro atoms. The molecule has 2 rings (SSSR count). The van der Waals surface area contributed by atoms with E-state index in [4.69, 9.17) is 11.2 Å². The Kier molecular flexibility index (Phi) is 9.38. The van der Waals surface area contributed by atoms with Crippen LogP contribution < -0.4 is 10.6 Å². The fraction of sp³-hybridized carbons (Fsp3) is 0.370. The van der Waals surface area contributed by atoms with E-state index in [1.807, 2.05) is 39.0 Å². The minimum Gasteiger partial charge on any atom is -0.444 e. The molecule has 2 unspecified atom stereocenters. The van der Waals surface area contributed by atoms with Crippen LogP contribution in [0.2, 0.25) is 0 Å². The van der Waals surface area contributed by atoms with Gasteiger partial charge < -0.3 is 15.4 Å². The van der Waals surface area contributed by atoms with E-state index in [0.29, 0.717) is 11.3 Å². The third kappa shape index (κ3) is 7.27. The van der Waals surface area contributed by atoms with Crippen molar-refractivity contribution in [2.24, 2.45) is 0 Å². The number of nitrogens with one attached hydrogen (secondary N) is 2. The zero-order valence-electron chi connectivity index (χ0n) is 21.0. The molecule has 0 radical (unpaired) electrons. The van der Waals surface area contributed by atoms with E-state index >= 15 is 0 Å². The van der Waals surface area contributed by atoms with Crippen molar-refractivity contribution in [3.05, 3.63) is 64.7 Å². The molecular weight excluding hydrogens is 462 g/mol. The van der Waals surface area contributed by atoms with Crippen LogP contribution in [0.5, 0.6) is 0 Å². The van der Waals surface area contributed by atoms with Crippen molar-refractivity contribution < 1.29 is 19.1 Å². The zero-order chi connectivity index (χ0) is 26.3. The molecule has 0 aliphatic heterocycles. The number of terminal acetylenes is 1. The van der Waals surface area contributed by atoms with Gasteiger partial charge in [0.05, 0.1) is 0 Å². The number of aryl methyl sites for hydroxylation is 2. The number of hydrogen-bond acceptors (Lipinski definition) is 5. The van der Waals surface area contributed by atoms with Crippen molar-refractivity contribution in [3.63, 3.8) is 0 Å². The first-order chi connectivity index (χ1) is 16.4. The van der Waals surface area contributed by atoms with Crippen molar-refractivity contribution in [2.45, 2.75) is 59.2 Å². The van der Waals surface area contributed by atoms with Gasteiger partial charge in [-0.1, -0.05) is 42.8 Å². The molecular formula is C27H33N3O4S. The number of nitrogens with zero attached hydrogens (tertiary/aromatic N) is 1. The van der Waals surface area contributed by atoms with Crippen LogP contribution in [0.3, 0.4) is 0 Å². The summed E-state index contributed by atoms with van der Waals surface area (Å²) in [5, 5.41) is 5.41. The molecule has 7 nitrogen and oxygen atoms in total. The molecule has 2 atom stereocenters. The van der Waals surface area contributed by atoms with Crippen LogP contribution >= 0.6 is 12.6 Å². The molecule has 2 aromatic rings. The lowest BCUT2D eigenvalue weighted by Crippen LogP contribution is -2.51. The van der Waals surface area contributed by atoms with Crippen molar-refractivity contribution >= 4 is 36.2 Å². The Balaban J connectivity index is 2.48. The lowest BCUT2D eigenvalue weighted by molar-refractivity contribution is -0.136. The highest BCUT2D eigenvalue weighted by Crippen LogP contribution is 2.28. The Hall–Kier alpha value is -3.44. The van der Waals surface area contributed by atoms with Crippen molar-refractivity contribution in [1.29, 1.82) is 0 Å². The second kappa shape index (κ2) is 11.8. The summed E-state index contributed by atoms with van der Waals surface area (Å²) in [6.45, 7) is 10.8. The highest BCUT2D eigenvalue weighted by atomic mass is 32.1. The van der Waals surface area contributed by atoms with E-state index in [0.717, 1.165) is 21.6 Å². The summed E-state index contributed by atoms with van der Waals surface area (Å²) in [5.74, 6) is -1.18. The number of amides is 3. The van der Waals surface area contributed by atoms with Crippen molar-refractivity contribution in [1.82, 2.24) is 10.2 Å². The maximum absolute atomic E-state index is 13.6. The molecule has 0 saturated carbocycles. The Morgan fingerprint density at radius 1 is 1.06 bits per heavy atom. The minimum absolute atomic E-state index is 0.0464. The number of hydrogen-bond donors (Lipinski definition) is 3. The number of thiol groups is 1. The Morgan fingerprint density at radius 3 is 2.26 bits per heavy atom. The molecule has 35 heavy (non-hydrogen) atoms. The quantitative estimate of drug-likeness (QED) is 0.299. The number of ether oxygens (including phenoxy) is 1. The smallest absolute Gasteiger partial charge is 0.408 e. The van der Waals surface area contributed by atoms with E-state index in [2.05, 4.69) is 29.3 Å². The lowest BCUT2D eigenvalue weighted by Gasteiger charge is -2.31. The van der Waals surface area contributed by atoms with Gasteiger partial charge in [-0.25, -0.2) is 4.79 Å². The standard InChI is InChI=1S/C27H33N3O4S/c1-8-30(25(32)22(16-35)29-26(33)34-27(5,6)7)23(20-14-11-13-17(2)19(20)4)24(31)28-21-15-10-9-12-18(21)3/h1,9-15,22-23,35H,16H2,2-7H3,(H,28,31)(H,29,33). The molecule has 0 aliphatic rings. The highest BCUT2D eigenvalue weighted by molar-refractivity contribution is 7.80. The van der Waals surface area contributed by atoms with Crippen LogP contribution in [0, 0.1) is 33.2 Å². The first-order valence-corrected chi connectivity index (χ1v) is 11.8. The second-order valence-corrected chi connectivity index (χ2v) is 9.58. The largest absolute Gasteiger partial charge is 0.444 e. The number of carbonyl (C=O) groups is 3. The lowest BCUT2D eigenvalue weighted by atomic mass is 9.95. The molecule has 8 heteroatoms. The van der Waals surface area contributed by atoms with Crippen LogP contribution in [0.4, 0.5) is 10.5 Å². The van der Waals surface area contributed by atoms with E-state index in [9.17, 15) is 14.4 Å². The summed E-state index contributed by atoms with van der Waals surface area (Å²) < 4.78 is 5.27. The molecule has 0 heterocycles. The predicted molar refractivity (Wildman–Crippen MR) is 141 cm³/mol. The fourth-order valence-corrected chi connectivity index (χ4v) is 3.70. The van der Waals surface area contributed by atoms with Crippen molar-refractivity contribution in [3.8, 4) is 12.5 Å².